The van der Waals surface area contributed by atoms with Crippen molar-refractivity contribution in [1.82, 2.24) is 25.1 Å². The van der Waals surface area contributed by atoms with E-state index in [9.17, 15) is 0 Å². The van der Waals surface area contributed by atoms with Crippen molar-refractivity contribution in [2.24, 2.45) is 4.99 Å². The van der Waals surface area contributed by atoms with Crippen LogP contribution in [0.2, 0.25) is 0 Å². The van der Waals surface area contributed by atoms with E-state index in [-0.39, 0.29) is 0 Å². The lowest BCUT2D eigenvalue weighted by Crippen LogP contribution is -2.31. The first-order valence-corrected chi connectivity index (χ1v) is 10.7. The maximum absolute atomic E-state index is 4.88. The highest BCUT2D eigenvalue weighted by Gasteiger charge is 2.20. The van der Waals surface area contributed by atoms with E-state index in [1.807, 2.05) is 36.7 Å². The van der Waals surface area contributed by atoms with Gasteiger partial charge >= 0.3 is 0 Å². The van der Waals surface area contributed by atoms with Crippen molar-refractivity contribution in [3.8, 4) is 11.4 Å². The molecule has 2 N–H and O–H groups in total. The first kappa shape index (κ1) is 18.0. The quantitative estimate of drug-likeness (QED) is 0.526. The van der Waals surface area contributed by atoms with Crippen LogP contribution >= 0.6 is 0 Å². The van der Waals surface area contributed by atoms with Crippen LogP contribution in [0.15, 0.2) is 47.6 Å². The normalized spacial score (nSPS) is 15.4. The van der Waals surface area contributed by atoms with Crippen molar-refractivity contribution in [1.29, 1.82) is 0 Å². The van der Waals surface area contributed by atoms with Gasteiger partial charge in [0.2, 0.25) is 11.9 Å². The number of anilines is 3. The molecule has 154 valence electrons. The molecular weight excluding hydrogens is 388 g/mol. The Morgan fingerprint density at radius 2 is 1.84 bits per heavy atom. The van der Waals surface area contributed by atoms with Crippen molar-refractivity contribution in [3.05, 3.63) is 53.7 Å². The summed E-state index contributed by atoms with van der Waals surface area (Å²) in [5.41, 5.74) is 5.17. The molecule has 2 aromatic carbocycles. The third-order valence-electron chi connectivity index (χ3n) is 5.91. The lowest BCUT2D eigenvalue weighted by atomic mass is 10.0. The molecule has 6 rings (SSSR count). The van der Waals surface area contributed by atoms with Gasteiger partial charge < -0.3 is 10.2 Å². The average molecular weight is 410 g/mol. The average Bonchev–Trinajstić information content (AvgIpc) is 3.49. The summed E-state index contributed by atoms with van der Waals surface area (Å²) < 4.78 is 0. The van der Waals surface area contributed by atoms with Crippen molar-refractivity contribution in [2.45, 2.75) is 25.8 Å². The van der Waals surface area contributed by atoms with E-state index in [4.69, 9.17) is 15.0 Å². The van der Waals surface area contributed by atoms with Crippen LogP contribution in [-0.2, 0) is 6.54 Å². The van der Waals surface area contributed by atoms with Crippen molar-refractivity contribution < 1.29 is 0 Å². The van der Waals surface area contributed by atoms with Crippen molar-refractivity contribution >= 4 is 34.7 Å². The van der Waals surface area contributed by atoms with Crippen LogP contribution < -0.4 is 10.2 Å². The van der Waals surface area contributed by atoms with Crippen LogP contribution in [0.3, 0.4) is 0 Å². The molecule has 8 nitrogen and oxygen atoms in total. The fourth-order valence-corrected chi connectivity index (χ4v) is 4.31. The van der Waals surface area contributed by atoms with Gasteiger partial charge in [-0.3, -0.25) is 10.1 Å². The highest BCUT2D eigenvalue weighted by Crippen LogP contribution is 2.30. The van der Waals surface area contributed by atoms with Gasteiger partial charge in [-0.15, -0.1) is 0 Å². The summed E-state index contributed by atoms with van der Waals surface area (Å²) in [6.07, 6.45) is 7.31. The summed E-state index contributed by atoms with van der Waals surface area (Å²) in [5.74, 6) is 1.92. The fraction of sp³-hybridized carbons (Fsp3) is 0.261. The third kappa shape index (κ3) is 3.30. The molecule has 2 aliphatic heterocycles. The van der Waals surface area contributed by atoms with Crippen LogP contribution in [0.4, 0.5) is 17.6 Å². The van der Waals surface area contributed by atoms with Crippen molar-refractivity contribution in [2.75, 3.05) is 23.3 Å². The van der Waals surface area contributed by atoms with Gasteiger partial charge in [0.15, 0.2) is 5.82 Å². The summed E-state index contributed by atoms with van der Waals surface area (Å²) in [7, 11) is 0. The molecule has 0 bridgehead atoms. The zero-order valence-corrected chi connectivity index (χ0v) is 17.0. The number of benzene rings is 2. The molecule has 0 saturated carbocycles. The molecule has 1 fully saturated rings. The Kier molecular flexibility index (Phi) is 4.33. The van der Waals surface area contributed by atoms with E-state index >= 15 is 0 Å². The number of H-pyrrole nitrogens is 1. The molecular formula is C23H22N8. The zero-order valence-electron chi connectivity index (χ0n) is 17.0. The number of fused-ring (bicyclic) bond motifs is 2. The monoisotopic (exact) mass is 410 g/mol. The Balaban J connectivity index is 1.46. The Labute approximate surface area is 179 Å². The van der Waals surface area contributed by atoms with Gasteiger partial charge in [-0.1, -0.05) is 24.3 Å². The van der Waals surface area contributed by atoms with Crippen LogP contribution in [0.5, 0.6) is 0 Å². The van der Waals surface area contributed by atoms with Crippen LogP contribution in [0, 0.1) is 0 Å². The molecule has 2 aromatic heterocycles. The number of hydrogen-bond acceptors (Lipinski definition) is 7. The highest BCUT2D eigenvalue weighted by atomic mass is 15.3. The second-order valence-corrected chi connectivity index (χ2v) is 7.94. The van der Waals surface area contributed by atoms with Crippen molar-refractivity contribution in [3.63, 3.8) is 0 Å². The van der Waals surface area contributed by atoms with Gasteiger partial charge in [-0.05, 0) is 37.0 Å². The topological polar surface area (TPSA) is 95.0 Å². The summed E-state index contributed by atoms with van der Waals surface area (Å²) in [5, 5.41) is 11.6. The van der Waals surface area contributed by atoms with Gasteiger partial charge in [0.05, 0.1) is 23.9 Å². The molecule has 8 heteroatoms. The minimum absolute atomic E-state index is 0.534. The predicted octanol–water partition coefficient (Wildman–Crippen LogP) is 4.08. The number of rotatable bonds is 4. The Hall–Kier alpha value is -3.81. The van der Waals surface area contributed by atoms with Gasteiger partial charge in [0, 0.05) is 35.8 Å². The summed E-state index contributed by atoms with van der Waals surface area (Å²) in [6, 6.07) is 12.2. The minimum Gasteiger partial charge on any atom is -0.341 e. The minimum atomic E-state index is 0.534. The van der Waals surface area contributed by atoms with E-state index in [0.717, 1.165) is 59.6 Å². The third-order valence-corrected chi connectivity index (χ3v) is 5.91. The van der Waals surface area contributed by atoms with E-state index in [0.29, 0.717) is 18.3 Å². The van der Waals surface area contributed by atoms with E-state index in [1.165, 1.54) is 12.0 Å². The molecule has 0 radical (unpaired) electrons. The van der Waals surface area contributed by atoms with E-state index in [2.05, 4.69) is 37.5 Å². The molecule has 2 aliphatic rings. The fourth-order valence-electron chi connectivity index (χ4n) is 4.31. The largest absolute Gasteiger partial charge is 0.341 e. The van der Waals surface area contributed by atoms with E-state index in [1.54, 1.807) is 0 Å². The Morgan fingerprint density at radius 3 is 2.77 bits per heavy atom. The van der Waals surface area contributed by atoms with E-state index < -0.39 is 0 Å². The summed E-state index contributed by atoms with van der Waals surface area (Å²) in [4.78, 5) is 21.2. The van der Waals surface area contributed by atoms with Crippen LogP contribution in [0.1, 0.15) is 30.4 Å². The zero-order chi connectivity index (χ0) is 20.6. The van der Waals surface area contributed by atoms with Gasteiger partial charge in [0.1, 0.15) is 0 Å². The SMILES string of the molecule is C1=NCc2cccc(-c3nc(Nc4cccc5[nH]ncc45)nc(N4CCCCC4)n3)c21. The maximum atomic E-state index is 4.88. The number of hydrogen-bond donors (Lipinski definition) is 2. The molecule has 0 amide bonds. The molecule has 0 atom stereocenters. The molecule has 0 unspecified atom stereocenters. The number of nitrogens with one attached hydrogen (secondary N) is 2. The molecule has 4 heterocycles. The van der Waals surface area contributed by atoms with Crippen LogP contribution in [-0.4, -0.2) is 44.5 Å². The Morgan fingerprint density at radius 1 is 0.935 bits per heavy atom. The number of piperidine rings is 1. The lowest BCUT2D eigenvalue weighted by Gasteiger charge is -2.27. The number of aromatic amines is 1. The summed E-state index contributed by atoms with van der Waals surface area (Å²) >= 11 is 0. The van der Waals surface area contributed by atoms with Gasteiger partial charge in [-0.25, -0.2) is 0 Å². The molecule has 0 aliphatic carbocycles. The Bertz CT molecular complexity index is 1290. The number of aromatic nitrogens is 5. The predicted molar refractivity (Wildman–Crippen MR) is 122 cm³/mol. The van der Waals surface area contributed by atoms with Gasteiger partial charge in [-0.2, -0.15) is 20.1 Å². The van der Waals surface area contributed by atoms with Crippen LogP contribution in [0.25, 0.3) is 22.3 Å². The lowest BCUT2D eigenvalue weighted by molar-refractivity contribution is 0.568. The number of aliphatic imine (C=N–C) groups is 1. The summed E-state index contributed by atoms with van der Waals surface area (Å²) in [6.45, 7) is 2.64. The highest BCUT2D eigenvalue weighted by molar-refractivity contribution is 5.94. The number of nitrogens with zero attached hydrogens (tertiary/aromatic N) is 6. The van der Waals surface area contributed by atoms with Gasteiger partial charge in [0.25, 0.3) is 0 Å². The molecule has 0 spiro atoms. The standard InChI is InChI=1S/C23H22N8/c1-2-10-31(11-3-1)23-28-21(16-7-4-6-15-12-24-13-17(15)16)27-22(29-23)26-19-8-5-9-20-18(19)14-25-30-20/h4-9,13-14H,1-3,10-12H2,(H,25,30)(H,26,27,28,29). The molecule has 31 heavy (non-hydrogen) atoms. The second kappa shape index (κ2) is 7.46. The first-order chi connectivity index (χ1) is 15.3. The maximum Gasteiger partial charge on any atom is 0.232 e. The molecule has 4 aromatic rings. The first-order valence-electron chi connectivity index (χ1n) is 10.7. The molecule has 1 saturated heterocycles. The smallest absolute Gasteiger partial charge is 0.232 e. The second-order valence-electron chi connectivity index (χ2n) is 7.94.